The van der Waals surface area contributed by atoms with E-state index in [1.807, 2.05) is 0 Å². The molecule has 38 heavy (non-hydrogen) atoms. The Morgan fingerprint density at radius 1 is 1.00 bits per heavy atom. The molecule has 4 aliphatic rings. The molecule has 8 N–H and O–H groups in total. The number of nitrogens with two attached hydrogens (primary N) is 2. The fourth-order valence-corrected chi connectivity index (χ4v) is 6.23. The zero-order chi connectivity index (χ0) is 27.7. The molecule has 5 rings (SSSR count). The van der Waals surface area contributed by atoms with E-state index < -0.39 is 99.1 Å². The van der Waals surface area contributed by atoms with Crippen molar-refractivity contribution in [3.63, 3.8) is 0 Å². The zero-order valence-corrected chi connectivity index (χ0v) is 20.1. The van der Waals surface area contributed by atoms with Gasteiger partial charge in [0.05, 0.1) is 28.5 Å². The van der Waals surface area contributed by atoms with Gasteiger partial charge in [-0.2, -0.15) is 0 Å². The Hall–Kier alpha value is -4.19. The Balaban J connectivity index is 1.75. The van der Waals surface area contributed by atoms with Crippen LogP contribution in [0.4, 0.5) is 5.69 Å². The number of ether oxygens (including phenoxy) is 1. The van der Waals surface area contributed by atoms with Crippen LogP contribution in [0.3, 0.4) is 0 Å². The maximum absolute atomic E-state index is 13.8. The second-order valence-corrected chi connectivity index (χ2v) is 10.2. The Bertz CT molecular complexity index is 1390. The average Bonchev–Trinajstić information content (AvgIpc) is 2.87. The Morgan fingerprint density at radius 2 is 1.66 bits per heavy atom. The Kier molecular flexibility index (Phi) is 5.82. The van der Waals surface area contributed by atoms with Crippen LogP contribution in [0.25, 0.3) is 5.76 Å². The summed E-state index contributed by atoms with van der Waals surface area (Å²) < 4.78 is 5.76. The predicted octanol–water partition coefficient (Wildman–Crippen LogP) is 0.748. The summed E-state index contributed by atoms with van der Waals surface area (Å²) in [4.78, 5) is 65.5. The first-order valence-electron chi connectivity index (χ1n) is 12.2. The molecule has 0 saturated heterocycles. The van der Waals surface area contributed by atoms with Crippen molar-refractivity contribution in [2.24, 2.45) is 23.5 Å². The quantitative estimate of drug-likeness (QED) is 0.139. The SMILES string of the molecule is NC(=O)C1=C(O)[C@@]2(O)C(=O)C3=C(O)c4c(O)ccc(N)c4C(=O)[C@H]3[C@H](OC(=O)C3CCCCC3)[C@H]2CC1=O. The van der Waals surface area contributed by atoms with Crippen LogP contribution in [0.1, 0.15) is 54.4 Å². The van der Waals surface area contributed by atoms with E-state index in [0.29, 0.717) is 12.8 Å². The summed E-state index contributed by atoms with van der Waals surface area (Å²) >= 11 is 0. The van der Waals surface area contributed by atoms with Gasteiger partial charge in [0.1, 0.15) is 28.9 Å². The van der Waals surface area contributed by atoms with Crippen molar-refractivity contribution >= 4 is 40.7 Å². The molecule has 0 radical (unpaired) electrons. The van der Waals surface area contributed by atoms with E-state index in [1.54, 1.807) is 0 Å². The minimum Gasteiger partial charge on any atom is -0.508 e. The largest absolute Gasteiger partial charge is 0.508 e. The number of benzene rings is 1. The lowest BCUT2D eigenvalue weighted by Crippen LogP contribution is -2.65. The Morgan fingerprint density at radius 3 is 2.29 bits per heavy atom. The number of hydrogen-bond acceptors (Lipinski definition) is 11. The monoisotopic (exact) mass is 526 g/mol. The van der Waals surface area contributed by atoms with Crippen LogP contribution in [0.5, 0.6) is 5.75 Å². The van der Waals surface area contributed by atoms with E-state index in [9.17, 15) is 44.4 Å². The summed E-state index contributed by atoms with van der Waals surface area (Å²) in [6.07, 6.45) is 0.973. The molecule has 0 aliphatic heterocycles. The molecule has 1 amide bonds. The zero-order valence-electron chi connectivity index (χ0n) is 20.1. The number of ketones is 3. The lowest BCUT2D eigenvalue weighted by Gasteiger charge is -2.49. The number of rotatable bonds is 3. The first kappa shape index (κ1) is 25.5. The molecular formula is C26H26N2O10. The highest BCUT2D eigenvalue weighted by atomic mass is 16.5. The third-order valence-electron chi connectivity index (χ3n) is 8.12. The first-order valence-corrected chi connectivity index (χ1v) is 12.2. The molecule has 200 valence electrons. The first-order chi connectivity index (χ1) is 17.9. The summed E-state index contributed by atoms with van der Waals surface area (Å²) in [5.41, 5.74) is 5.45. The number of primary amides is 1. The fourth-order valence-electron chi connectivity index (χ4n) is 6.23. The summed E-state index contributed by atoms with van der Waals surface area (Å²) in [5, 5.41) is 44.0. The van der Waals surface area contributed by atoms with Gasteiger partial charge >= 0.3 is 5.97 Å². The fraction of sp³-hybridized carbons (Fsp3) is 0.423. The van der Waals surface area contributed by atoms with Gasteiger partial charge < -0.3 is 36.6 Å². The van der Waals surface area contributed by atoms with Crippen molar-refractivity contribution in [3.05, 3.63) is 40.2 Å². The number of Topliss-reactive ketones (excluding diaryl/α,β-unsaturated/α-hetero) is 3. The third-order valence-corrected chi connectivity index (χ3v) is 8.12. The predicted molar refractivity (Wildman–Crippen MR) is 128 cm³/mol. The maximum Gasteiger partial charge on any atom is 0.309 e. The van der Waals surface area contributed by atoms with Crippen molar-refractivity contribution in [1.82, 2.24) is 0 Å². The number of phenolic OH excluding ortho intramolecular Hbond substituents is 1. The van der Waals surface area contributed by atoms with Gasteiger partial charge in [-0.3, -0.25) is 24.0 Å². The van der Waals surface area contributed by atoms with Crippen LogP contribution < -0.4 is 11.5 Å². The highest BCUT2D eigenvalue weighted by Crippen LogP contribution is 2.53. The second-order valence-electron chi connectivity index (χ2n) is 10.2. The highest BCUT2D eigenvalue weighted by molar-refractivity contribution is 6.25. The van der Waals surface area contributed by atoms with Crippen LogP contribution in [0.2, 0.25) is 0 Å². The van der Waals surface area contributed by atoms with Crippen molar-refractivity contribution in [1.29, 1.82) is 0 Å². The standard InChI is InChI=1S/C26H26N2O10/c27-11-6-7-12(29)15-14(11)19(31)17-18(20(15)32)23(34)26(37)10(8-13(30)16(22(26)33)24(28)35)21(17)38-25(36)9-4-2-1-3-5-9/h6-7,9-10,17,21,29,32-33,37H,1-5,8,27H2,(H2,28,35)/t10-,17+,21-,26-/m1/s1. The molecule has 0 bridgehead atoms. The number of aromatic hydroxyl groups is 1. The van der Waals surface area contributed by atoms with Gasteiger partial charge in [0.25, 0.3) is 5.91 Å². The molecule has 2 saturated carbocycles. The van der Waals surface area contributed by atoms with Gasteiger partial charge in [0.2, 0.25) is 5.78 Å². The van der Waals surface area contributed by atoms with E-state index >= 15 is 0 Å². The number of esters is 1. The second kappa shape index (κ2) is 8.69. The highest BCUT2D eigenvalue weighted by Gasteiger charge is 2.67. The van der Waals surface area contributed by atoms with Gasteiger partial charge in [-0.25, -0.2) is 0 Å². The topological polar surface area (TPSA) is 228 Å². The van der Waals surface area contributed by atoms with Crippen LogP contribution in [-0.4, -0.2) is 61.4 Å². The van der Waals surface area contributed by atoms with Gasteiger partial charge in [0.15, 0.2) is 17.2 Å². The molecule has 1 aromatic rings. The number of anilines is 1. The van der Waals surface area contributed by atoms with E-state index in [4.69, 9.17) is 16.2 Å². The van der Waals surface area contributed by atoms with Crippen LogP contribution in [0.15, 0.2) is 29.0 Å². The van der Waals surface area contributed by atoms with Crippen LogP contribution >= 0.6 is 0 Å². The molecule has 12 heteroatoms. The molecule has 0 heterocycles. The molecule has 0 aromatic heterocycles. The van der Waals surface area contributed by atoms with Crippen molar-refractivity contribution in [3.8, 4) is 5.75 Å². The molecule has 1 aromatic carbocycles. The van der Waals surface area contributed by atoms with E-state index in [2.05, 4.69) is 0 Å². The van der Waals surface area contributed by atoms with Gasteiger partial charge in [-0.15, -0.1) is 0 Å². The molecule has 2 fully saturated rings. The molecule has 0 unspecified atom stereocenters. The summed E-state index contributed by atoms with van der Waals surface area (Å²) in [6.45, 7) is 0. The Labute approximate surface area is 215 Å². The number of fused-ring (bicyclic) bond motifs is 3. The number of amides is 1. The minimum atomic E-state index is -3.04. The van der Waals surface area contributed by atoms with Crippen LogP contribution in [-0.2, 0) is 23.9 Å². The molecule has 12 nitrogen and oxygen atoms in total. The number of carbonyl (C=O) groups excluding carboxylic acids is 5. The third kappa shape index (κ3) is 3.36. The van der Waals surface area contributed by atoms with Gasteiger partial charge in [-0.1, -0.05) is 19.3 Å². The number of aliphatic hydroxyl groups excluding tert-OH is 2. The minimum absolute atomic E-state index is 0.141. The van der Waals surface area contributed by atoms with E-state index in [0.717, 1.165) is 25.3 Å². The van der Waals surface area contributed by atoms with Gasteiger partial charge in [-0.05, 0) is 25.0 Å². The number of nitrogen functional groups attached to an aromatic ring is 1. The number of carbonyl (C=O) groups is 5. The number of hydrogen-bond donors (Lipinski definition) is 6. The lowest BCUT2D eigenvalue weighted by atomic mass is 9.57. The molecular weight excluding hydrogens is 500 g/mol. The maximum atomic E-state index is 13.8. The van der Waals surface area contributed by atoms with E-state index in [-0.39, 0.29) is 11.3 Å². The molecule has 4 atom stereocenters. The normalized spacial score (nSPS) is 29.5. The summed E-state index contributed by atoms with van der Waals surface area (Å²) in [6, 6.07) is 2.30. The lowest BCUT2D eigenvalue weighted by molar-refractivity contribution is -0.179. The van der Waals surface area contributed by atoms with Crippen LogP contribution in [0, 0.1) is 17.8 Å². The van der Waals surface area contributed by atoms with Crippen molar-refractivity contribution < 1.29 is 49.1 Å². The van der Waals surface area contributed by atoms with Crippen molar-refractivity contribution in [2.75, 3.05) is 5.73 Å². The van der Waals surface area contributed by atoms with E-state index in [1.165, 1.54) is 6.07 Å². The van der Waals surface area contributed by atoms with Crippen molar-refractivity contribution in [2.45, 2.75) is 50.2 Å². The number of phenols is 1. The average molecular weight is 526 g/mol. The molecule has 4 aliphatic carbocycles. The molecule has 0 spiro atoms. The number of aliphatic hydroxyl groups is 3. The smallest absolute Gasteiger partial charge is 0.309 e. The summed E-state index contributed by atoms with van der Waals surface area (Å²) in [7, 11) is 0. The summed E-state index contributed by atoms with van der Waals surface area (Å²) in [5.74, 6) is -12.3. The van der Waals surface area contributed by atoms with Gasteiger partial charge in [0, 0.05) is 18.0 Å².